The molecule has 0 spiro atoms. The maximum Gasteiger partial charge on any atom is 0.163 e. The van der Waals surface area contributed by atoms with E-state index in [2.05, 4.69) is 32.3 Å². The van der Waals surface area contributed by atoms with Crippen LogP contribution in [-0.2, 0) is 6.54 Å². The second kappa shape index (κ2) is 5.46. The SMILES string of the molecule is N#Cc1ncccc1NCc1ccc(Br)cc1. The third kappa shape index (κ3) is 3.05. The summed E-state index contributed by atoms with van der Waals surface area (Å²) in [5, 5.41) is 12.1. The van der Waals surface area contributed by atoms with Crippen molar-refractivity contribution in [3.8, 4) is 6.07 Å². The Labute approximate surface area is 108 Å². The molecule has 1 N–H and O–H groups in total. The molecule has 0 fully saturated rings. The van der Waals surface area contributed by atoms with Crippen LogP contribution in [0.15, 0.2) is 47.1 Å². The molecular weight excluding hydrogens is 278 g/mol. The zero-order valence-electron chi connectivity index (χ0n) is 9.02. The van der Waals surface area contributed by atoms with Crippen molar-refractivity contribution in [2.45, 2.75) is 6.54 Å². The minimum Gasteiger partial charge on any atom is -0.379 e. The highest BCUT2D eigenvalue weighted by molar-refractivity contribution is 9.10. The number of pyridine rings is 1. The Bertz CT molecular complexity index is 543. The standard InChI is InChI=1S/C13H10BrN3/c14-11-5-3-10(4-6-11)9-17-12-2-1-7-16-13(12)8-15/h1-7,17H,9H2. The van der Waals surface area contributed by atoms with Gasteiger partial charge in [-0.25, -0.2) is 4.98 Å². The second-order valence-electron chi connectivity index (χ2n) is 3.49. The van der Waals surface area contributed by atoms with E-state index in [1.807, 2.05) is 36.4 Å². The Kier molecular flexibility index (Phi) is 3.73. The van der Waals surface area contributed by atoms with Gasteiger partial charge in [-0.15, -0.1) is 0 Å². The van der Waals surface area contributed by atoms with Crippen LogP contribution in [0.1, 0.15) is 11.3 Å². The largest absolute Gasteiger partial charge is 0.379 e. The fourth-order valence-corrected chi connectivity index (χ4v) is 1.70. The average molecular weight is 288 g/mol. The number of nitrogens with one attached hydrogen (secondary N) is 1. The van der Waals surface area contributed by atoms with Crippen molar-refractivity contribution in [3.05, 3.63) is 58.3 Å². The summed E-state index contributed by atoms with van der Waals surface area (Å²) < 4.78 is 1.06. The summed E-state index contributed by atoms with van der Waals surface area (Å²) in [5.74, 6) is 0. The fourth-order valence-electron chi connectivity index (χ4n) is 1.44. The maximum absolute atomic E-state index is 8.89. The van der Waals surface area contributed by atoms with Gasteiger partial charge in [-0.2, -0.15) is 5.26 Å². The normalized spacial score (nSPS) is 9.65. The first kappa shape index (κ1) is 11.6. The second-order valence-corrected chi connectivity index (χ2v) is 4.41. The monoisotopic (exact) mass is 287 g/mol. The number of halogens is 1. The van der Waals surface area contributed by atoms with Crippen molar-refractivity contribution in [1.82, 2.24) is 4.98 Å². The van der Waals surface area contributed by atoms with Gasteiger partial charge >= 0.3 is 0 Å². The van der Waals surface area contributed by atoms with Crippen LogP contribution < -0.4 is 5.32 Å². The van der Waals surface area contributed by atoms with Crippen LogP contribution in [0.2, 0.25) is 0 Å². The van der Waals surface area contributed by atoms with Crippen molar-refractivity contribution in [1.29, 1.82) is 5.26 Å². The lowest BCUT2D eigenvalue weighted by Crippen LogP contribution is -2.01. The third-order valence-corrected chi connectivity index (χ3v) is 2.84. The predicted octanol–water partition coefficient (Wildman–Crippen LogP) is 3.33. The van der Waals surface area contributed by atoms with Crippen molar-refractivity contribution < 1.29 is 0 Å². The summed E-state index contributed by atoms with van der Waals surface area (Å²) >= 11 is 3.39. The smallest absolute Gasteiger partial charge is 0.163 e. The number of hydrogen-bond acceptors (Lipinski definition) is 3. The van der Waals surface area contributed by atoms with Gasteiger partial charge in [-0.3, -0.25) is 0 Å². The number of anilines is 1. The van der Waals surface area contributed by atoms with Gasteiger partial charge < -0.3 is 5.32 Å². The molecule has 1 aromatic heterocycles. The molecule has 0 saturated heterocycles. The quantitative estimate of drug-likeness (QED) is 0.942. The van der Waals surface area contributed by atoms with Crippen LogP contribution in [0.3, 0.4) is 0 Å². The van der Waals surface area contributed by atoms with E-state index in [0.29, 0.717) is 12.2 Å². The molecule has 0 saturated carbocycles. The Hall–Kier alpha value is -1.86. The minimum atomic E-state index is 0.421. The highest BCUT2D eigenvalue weighted by atomic mass is 79.9. The van der Waals surface area contributed by atoms with Gasteiger partial charge in [0.1, 0.15) is 6.07 Å². The van der Waals surface area contributed by atoms with Crippen molar-refractivity contribution >= 4 is 21.6 Å². The molecule has 0 unspecified atom stereocenters. The molecule has 1 heterocycles. The van der Waals surface area contributed by atoms with Gasteiger partial charge in [0.05, 0.1) is 5.69 Å². The molecule has 1 aromatic carbocycles. The zero-order valence-corrected chi connectivity index (χ0v) is 10.6. The van der Waals surface area contributed by atoms with Crippen LogP contribution in [0, 0.1) is 11.3 Å². The van der Waals surface area contributed by atoms with Crippen LogP contribution in [0.25, 0.3) is 0 Å². The number of rotatable bonds is 3. The van der Waals surface area contributed by atoms with Crippen LogP contribution in [0.5, 0.6) is 0 Å². The summed E-state index contributed by atoms with van der Waals surface area (Å²) in [6.45, 7) is 0.674. The number of aromatic nitrogens is 1. The van der Waals surface area contributed by atoms with Gasteiger partial charge in [-0.05, 0) is 29.8 Å². The van der Waals surface area contributed by atoms with Gasteiger partial charge in [0.2, 0.25) is 0 Å². The Morgan fingerprint density at radius 2 is 2.00 bits per heavy atom. The lowest BCUT2D eigenvalue weighted by atomic mass is 10.2. The first-order valence-electron chi connectivity index (χ1n) is 5.13. The van der Waals surface area contributed by atoms with Crippen molar-refractivity contribution in [3.63, 3.8) is 0 Å². The topological polar surface area (TPSA) is 48.7 Å². The molecule has 2 aromatic rings. The Morgan fingerprint density at radius 1 is 1.24 bits per heavy atom. The van der Waals surface area contributed by atoms with Gasteiger partial charge in [0, 0.05) is 17.2 Å². The van der Waals surface area contributed by atoms with E-state index < -0.39 is 0 Å². The van der Waals surface area contributed by atoms with E-state index in [0.717, 1.165) is 15.7 Å². The van der Waals surface area contributed by atoms with E-state index in [4.69, 9.17) is 5.26 Å². The van der Waals surface area contributed by atoms with E-state index >= 15 is 0 Å². The van der Waals surface area contributed by atoms with E-state index in [-0.39, 0.29) is 0 Å². The van der Waals surface area contributed by atoms with Crippen LogP contribution in [0.4, 0.5) is 5.69 Å². The van der Waals surface area contributed by atoms with Crippen LogP contribution >= 0.6 is 15.9 Å². The molecule has 4 heteroatoms. The molecule has 0 radical (unpaired) electrons. The molecule has 0 atom stereocenters. The molecule has 3 nitrogen and oxygen atoms in total. The Morgan fingerprint density at radius 3 is 2.71 bits per heavy atom. The van der Waals surface area contributed by atoms with Crippen LogP contribution in [-0.4, -0.2) is 4.98 Å². The lowest BCUT2D eigenvalue weighted by Gasteiger charge is -2.07. The fraction of sp³-hybridized carbons (Fsp3) is 0.0769. The first-order valence-corrected chi connectivity index (χ1v) is 5.92. The number of nitriles is 1. The minimum absolute atomic E-state index is 0.421. The number of benzene rings is 1. The number of nitrogens with zero attached hydrogens (tertiary/aromatic N) is 2. The highest BCUT2D eigenvalue weighted by Crippen LogP contribution is 2.14. The predicted molar refractivity (Wildman–Crippen MR) is 70.4 cm³/mol. The summed E-state index contributed by atoms with van der Waals surface area (Å²) in [5.41, 5.74) is 2.34. The van der Waals surface area contributed by atoms with Crippen molar-refractivity contribution in [2.24, 2.45) is 0 Å². The summed E-state index contributed by atoms with van der Waals surface area (Å²) in [4.78, 5) is 3.99. The summed E-state index contributed by atoms with van der Waals surface area (Å²) in [6, 6.07) is 13.8. The molecule has 0 aliphatic heterocycles. The molecule has 0 amide bonds. The van der Waals surface area contributed by atoms with Gasteiger partial charge in [-0.1, -0.05) is 28.1 Å². The average Bonchev–Trinajstić information content (AvgIpc) is 2.38. The molecule has 0 aliphatic carbocycles. The summed E-state index contributed by atoms with van der Waals surface area (Å²) in [7, 11) is 0. The lowest BCUT2D eigenvalue weighted by molar-refractivity contribution is 1.13. The summed E-state index contributed by atoms with van der Waals surface area (Å²) in [6.07, 6.45) is 1.61. The van der Waals surface area contributed by atoms with Crippen molar-refractivity contribution in [2.75, 3.05) is 5.32 Å². The molecule has 2 rings (SSSR count). The van der Waals surface area contributed by atoms with E-state index in [9.17, 15) is 0 Å². The Balaban J connectivity index is 2.08. The molecule has 84 valence electrons. The zero-order chi connectivity index (χ0) is 12.1. The van der Waals surface area contributed by atoms with E-state index in [1.54, 1.807) is 6.20 Å². The maximum atomic E-state index is 8.89. The molecule has 17 heavy (non-hydrogen) atoms. The molecular formula is C13H10BrN3. The first-order chi connectivity index (χ1) is 8.29. The van der Waals surface area contributed by atoms with Gasteiger partial charge in [0.15, 0.2) is 5.69 Å². The highest BCUT2D eigenvalue weighted by Gasteiger charge is 2.01. The molecule has 0 bridgehead atoms. The molecule has 0 aliphatic rings. The van der Waals surface area contributed by atoms with E-state index in [1.165, 1.54) is 0 Å². The number of hydrogen-bond donors (Lipinski definition) is 1. The van der Waals surface area contributed by atoms with Gasteiger partial charge in [0.25, 0.3) is 0 Å². The third-order valence-electron chi connectivity index (χ3n) is 2.31.